The van der Waals surface area contributed by atoms with Gasteiger partial charge in [0.2, 0.25) is 0 Å². The minimum atomic E-state index is -0.450. The van der Waals surface area contributed by atoms with Gasteiger partial charge in [-0.15, -0.1) is 0 Å². The first-order chi connectivity index (χ1) is 8.56. The van der Waals surface area contributed by atoms with Crippen LogP contribution in [0.4, 0.5) is 4.39 Å². The summed E-state index contributed by atoms with van der Waals surface area (Å²) in [5.41, 5.74) is 0.992. The third-order valence-corrected chi connectivity index (χ3v) is 3.19. The van der Waals surface area contributed by atoms with Crippen molar-refractivity contribution in [2.24, 2.45) is 0 Å². The van der Waals surface area contributed by atoms with Crippen LogP contribution >= 0.6 is 27.5 Å². The highest BCUT2D eigenvalue weighted by molar-refractivity contribution is 9.10. The molecule has 0 atom stereocenters. The summed E-state index contributed by atoms with van der Waals surface area (Å²) in [5, 5.41) is 0.432. The molecule has 0 spiro atoms. The van der Waals surface area contributed by atoms with Crippen LogP contribution in [-0.2, 0) is 6.42 Å². The minimum absolute atomic E-state index is 0.122. The summed E-state index contributed by atoms with van der Waals surface area (Å²) in [5.74, 6) is -0.642. The summed E-state index contributed by atoms with van der Waals surface area (Å²) in [7, 11) is 0. The Morgan fingerprint density at radius 2 is 2.17 bits per heavy atom. The number of ketones is 1. The van der Waals surface area contributed by atoms with E-state index < -0.39 is 5.82 Å². The number of benzene rings is 1. The van der Waals surface area contributed by atoms with Crippen LogP contribution in [0.5, 0.6) is 0 Å². The molecule has 0 amide bonds. The van der Waals surface area contributed by atoms with Gasteiger partial charge in [-0.05, 0) is 29.8 Å². The van der Waals surface area contributed by atoms with Crippen LogP contribution < -0.4 is 0 Å². The van der Waals surface area contributed by atoms with Crippen molar-refractivity contribution in [1.29, 1.82) is 0 Å². The fraction of sp³-hybridized carbons (Fsp3) is 0.0769. The fourth-order valence-electron chi connectivity index (χ4n) is 1.54. The molecule has 1 aromatic carbocycles. The van der Waals surface area contributed by atoms with Gasteiger partial charge in [-0.1, -0.05) is 27.5 Å². The smallest absolute Gasteiger partial charge is 0.167 e. The quantitative estimate of drug-likeness (QED) is 0.795. The standard InChI is InChI=1S/C13H8BrClFNO/c14-10-3-9(4-11(16)6-10)13(18)5-8-1-2-17-7-12(8)15/h1-4,6-7H,5H2. The fourth-order valence-corrected chi connectivity index (χ4v) is 2.19. The predicted octanol–water partition coefficient (Wildman–Crippen LogP) is 4.06. The van der Waals surface area contributed by atoms with E-state index >= 15 is 0 Å². The molecule has 0 fully saturated rings. The molecule has 0 aliphatic carbocycles. The van der Waals surface area contributed by atoms with Crippen LogP contribution in [0.15, 0.2) is 41.1 Å². The molecule has 0 bridgehead atoms. The second-order valence-corrected chi connectivity index (χ2v) is 5.05. The van der Waals surface area contributed by atoms with Crippen LogP contribution in [0.2, 0.25) is 5.02 Å². The number of halogens is 3. The minimum Gasteiger partial charge on any atom is -0.294 e. The van der Waals surface area contributed by atoms with Crippen LogP contribution in [-0.4, -0.2) is 10.8 Å². The monoisotopic (exact) mass is 327 g/mol. The molecule has 18 heavy (non-hydrogen) atoms. The zero-order chi connectivity index (χ0) is 13.1. The highest BCUT2D eigenvalue weighted by atomic mass is 79.9. The van der Waals surface area contributed by atoms with E-state index in [1.54, 1.807) is 18.3 Å². The molecule has 2 aromatic rings. The van der Waals surface area contributed by atoms with Crippen molar-refractivity contribution < 1.29 is 9.18 Å². The number of aromatic nitrogens is 1. The summed E-state index contributed by atoms with van der Waals surface area (Å²) < 4.78 is 13.7. The Bertz CT molecular complexity index is 583. The average molecular weight is 329 g/mol. The third-order valence-electron chi connectivity index (χ3n) is 2.39. The normalized spacial score (nSPS) is 10.4. The maximum Gasteiger partial charge on any atom is 0.167 e. The Balaban J connectivity index is 2.25. The van der Waals surface area contributed by atoms with Gasteiger partial charge in [0.15, 0.2) is 5.78 Å². The topological polar surface area (TPSA) is 30.0 Å². The lowest BCUT2D eigenvalue weighted by Crippen LogP contribution is -2.04. The molecule has 1 heterocycles. The molecular weight excluding hydrogens is 321 g/mol. The number of rotatable bonds is 3. The number of Topliss-reactive ketones (excluding diaryl/α,β-unsaturated/α-hetero) is 1. The van der Waals surface area contributed by atoms with Gasteiger partial charge in [0, 0.05) is 28.9 Å². The molecule has 5 heteroatoms. The average Bonchev–Trinajstić information content (AvgIpc) is 2.31. The number of pyridine rings is 1. The molecular formula is C13H8BrClFNO. The first-order valence-corrected chi connectivity index (χ1v) is 6.31. The zero-order valence-electron chi connectivity index (χ0n) is 9.16. The highest BCUT2D eigenvalue weighted by Crippen LogP contribution is 2.19. The SMILES string of the molecule is O=C(Cc1ccncc1Cl)c1cc(F)cc(Br)c1. The molecule has 2 nitrogen and oxygen atoms in total. The predicted molar refractivity (Wildman–Crippen MR) is 71.4 cm³/mol. The van der Waals surface area contributed by atoms with Crippen molar-refractivity contribution in [2.75, 3.05) is 0 Å². The van der Waals surface area contributed by atoms with Crippen LogP contribution in [0.25, 0.3) is 0 Å². The van der Waals surface area contributed by atoms with Crippen LogP contribution in [0.1, 0.15) is 15.9 Å². The first kappa shape index (κ1) is 13.2. The van der Waals surface area contributed by atoms with Crippen molar-refractivity contribution in [3.05, 3.63) is 63.1 Å². The molecule has 0 unspecified atom stereocenters. The molecule has 2 rings (SSSR count). The molecule has 0 saturated carbocycles. The van der Waals surface area contributed by atoms with Crippen LogP contribution in [0, 0.1) is 5.82 Å². The van der Waals surface area contributed by atoms with Gasteiger partial charge in [-0.2, -0.15) is 0 Å². The van der Waals surface area contributed by atoms with Crippen molar-refractivity contribution in [3.63, 3.8) is 0 Å². The Morgan fingerprint density at radius 3 is 2.83 bits per heavy atom. The number of hydrogen-bond acceptors (Lipinski definition) is 2. The molecule has 0 N–H and O–H groups in total. The Labute approximate surface area is 117 Å². The van der Waals surface area contributed by atoms with Gasteiger partial charge in [-0.3, -0.25) is 9.78 Å². The Morgan fingerprint density at radius 1 is 1.39 bits per heavy atom. The number of carbonyl (C=O) groups excluding carboxylic acids is 1. The maximum atomic E-state index is 13.2. The Hall–Kier alpha value is -1.26. The Kier molecular flexibility index (Phi) is 4.09. The summed E-state index contributed by atoms with van der Waals surface area (Å²) in [4.78, 5) is 15.8. The van der Waals surface area contributed by atoms with E-state index in [2.05, 4.69) is 20.9 Å². The largest absolute Gasteiger partial charge is 0.294 e. The summed E-state index contributed by atoms with van der Waals surface area (Å²) in [6.07, 6.45) is 3.17. The van der Waals surface area contributed by atoms with E-state index in [4.69, 9.17) is 11.6 Å². The van der Waals surface area contributed by atoms with E-state index in [9.17, 15) is 9.18 Å². The molecule has 0 radical (unpaired) electrons. The summed E-state index contributed by atoms with van der Waals surface area (Å²) >= 11 is 9.07. The van der Waals surface area contributed by atoms with Gasteiger partial charge in [-0.25, -0.2) is 4.39 Å². The molecule has 0 saturated heterocycles. The molecule has 0 aliphatic rings. The van der Waals surface area contributed by atoms with Crippen molar-refractivity contribution in [2.45, 2.75) is 6.42 Å². The van der Waals surface area contributed by atoms with Gasteiger partial charge < -0.3 is 0 Å². The van der Waals surface area contributed by atoms with Crippen molar-refractivity contribution in [1.82, 2.24) is 4.98 Å². The van der Waals surface area contributed by atoms with E-state index in [0.717, 1.165) is 0 Å². The highest BCUT2D eigenvalue weighted by Gasteiger charge is 2.11. The van der Waals surface area contributed by atoms with E-state index in [1.165, 1.54) is 18.3 Å². The lowest BCUT2D eigenvalue weighted by molar-refractivity contribution is 0.0992. The van der Waals surface area contributed by atoms with Crippen LogP contribution in [0.3, 0.4) is 0 Å². The van der Waals surface area contributed by atoms with E-state index in [0.29, 0.717) is 20.6 Å². The van der Waals surface area contributed by atoms with Gasteiger partial charge in [0.25, 0.3) is 0 Å². The molecule has 92 valence electrons. The van der Waals surface area contributed by atoms with Crippen molar-refractivity contribution >= 4 is 33.3 Å². The maximum absolute atomic E-state index is 13.2. The first-order valence-electron chi connectivity index (χ1n) is 5.14. The number of carbonyl (C=O) groups is 1. The van der Waals surface area contributed by atoms with Gasteiger partial charge in [0.1, 0.15) is 5.82 Å². The second-order valence-electron chi connectivity index (χ2n) is 3.73. The molecule has 1 aromatic heterocycles. The van der Waals surface area contributed by atoms with Gasteiger partial charge >= 0.3 is 0 Å². The van der Waals surface area contributed by atoms with E-state index in [1.807, 2.05) is 0 Å². The van der Waals surface area contributed by atoms with Gasteiger partial charge in [0.05, 0.1) is 5.02 Å². The summed E-state index contributed by atoms with van der Waals surface area (Å²) in [6, 6.07) is 5.77. The second kappa shape index (κ2) is 5.59. The lowest BCUT2D eigenvalue weighted by Gasteiger charge is -2.04. The summed E-state index contributed by atoms with van der Waals surface area (Å²) in [6.45, 7) is 0. The lowest BCUT2D eigenvalue weighted by atomic mass is 10.0. The number of hydrogen-bond donors (Lipinski definition) is 0. The van der Waals surface area contributed by atoms with E-state index in [-0.39, 0.29) is 12.2 Å². The zero-order valence-corrected chi connectivity index (χ0v) is 11.5. The van der Waals surface area contributed by atoms with Crippen molar-refractivity contribution in [3.8, 4) is 0 Å². The molecule has 0 aliphatic heterocycles. The number of nitrogens with zero attached hydrogens (tertiary/aromatic N) is 1. The third kappa shape index (κ3) is 3.15.